The second kappa shape index (κ2) is 10.2. The van der Waals surface area contributed by atoms with Gasteiger partial charge in [-0.05, 0) is 60.2 Å². The summed E-state index contributed by atoms with van der Waals surface area (Å²) in [5.41, 5.74) is 8.58. The Morgan fingerprint density at radius 1 is 1.05 bits per heavy atom. The van der Waals surface area contributed by atoms with Gasteiger partial charge >= 0.3 is 0 Å². The summed E-state index contributed by atoms with van der Waals surface area (Å²) < 4.78 is 18.1. The van der Waals surface area contributed by atoms with Crippen LogP contribution in [0.3, 0.4) is 0 Å². The SMILES string of the molecule is Nc1ncc(-c2cnn(C3CCN(CC4CCCC4)CC3)c2)cc1-c1nnnn1-c1cccc(Cl)c1F. The van der Waals surface area contributed by atoms with Crippen molar-refractivity contribution < 1.29 is 4.39 Å². The van der Waals surface area contributed by atoms with Crippen LogP contribution in [0.25, 0.3) is 28.2 Å². The Labute approximate surface area is 219 Å². The van der Waals surface area contributed by atoms with Crippen LogP contribution in [-0.2, 0) is 0 Å². The minimum Gasteiger partial charge on any atom is -0.383 e. The lowest BCUT2D eigenvalue weighted by atomic mass is 10.0. The molecule has 3 aromatic heterocycles. The number of piperidine rings is 1. The van der Waals surface area contributed by atoms with Crippen molar-refractivity contribution in [2.75, 3.05) is 25.4 Å². The first-order chi connectivity index (χ1) is 18.1. The van der Waals surface area contributed by atoms with Crippen LogP contribution in [0.1, 0.15) is 44.6 Å². The van der Waals surface area contributed by atoms with E-state index < -0.39 is 5.82 Å². The summed E-state index contributed by atoms with van der Waals surface area (Å²) >= 11 is 5.97. The molecular weight excluding hydrogens is 493 g/mol. The second-order valence-electron chi connectivity index (χ2n) is 10.0. The Kier molecular flexibility index (Phi) is 6.60. The third kappa shape index (κ3) is 4.83. The zero-order chi connectivity index (χ0) is 25.4. The number of likely N-dealkylation sites (tertiary alicyclic amines) is 1. The lowest BCUT2D eigenvalue weighted by Crippen LogP contribution is -2.37. The number of nitrogens with zero attached hydrogens (tertiary/aromatic N) is 8. The van der Waals surface area contributed by atoms with Gasteiger partial charge in [0.25, 0.3) is 0 Å². The summed E-state index contributed by atoms with van der Waals surface area (Å²) in [7, 11) is 0. The predicted octanol–water partition coefficient (Wildman–Crippen LogP) is 4.79. The Morgan fingerprint density at radius 3 is 2.68 bits per heavy atom. The fourth-order valence-corrected chi connectivity index (χ4v) is 5.77. The van der Waals surface area contributed by atoms with Crippen molar-refractivity contribution in [3.63, 3.8) is 0 Å². The first-order valence-corrected chi connectivity index (χ1v) is 13.2. The molecule has 2 fully saturated rings. The predicted molar refractivity (Wildman–Crippen MR) is 140 cm³/mol. The van der Waals surface area contributed by atoms with Crippen molar-refractivity contribution in [3.05, 3.63) is 53.7 Å². The van der Waals surface area contributed by atoms with Gasteiger partial charge in [-0.25, -0.2) is 9.37 Å². The van der Waals surface area contributed by atoms with Gasteiger partial charge in [0.2, 0.25) is 0 Å². The summed E-state index contributed by atoms with van der Waals surface area (Å²) in [6, 6.07) is 6.90. The van der Waals surface area contributed by atoms with Crippen molar-refractivity contribution in [3.8, 4) is 28.2 Å². The maximum Gasteiger partial charge on any atom is 0.190 e. The Bertz CT molecular complexity index is 1390. The summed E-state index contributed by atoms with van der Waals surface area (Å²) in [5.74, 6) is 0.784. The number of tetrazole rings is 1. The number of benzene rings is 1. The van der Waals surface area contributed by atoms with Gasteiger partial charge in [-0.1, -0.05) is 30.5 Å². The number of pyridine rings is 1. The number of nitrogens with two attached hydrogens (primary N) is 1. The molecular formula is C26H29ClFN9. The van der Waals surface area contributed by atoms with Crippen molar-refractivity contribution in [1.82, 2.24) is 39.9 Å². The van der Waals surface area contributed by atoms with Gasteiger partial charge in [-0.15, -0.1) is 5.10 Å². The van der Waals surface area contributed by atoms with Gasteiger partial charge in [0.1, 0.15) is 11.5 Å². The van der Waals surface area contributed by atoms with Gasteiger partial charge in [0, 0.05) is 43.2 Å². The largest absolute Gasteiger partial charge is 0.383 e. The zero-order valence-electron chi connectivity index (χ0n) is 20.5. The Morgan fingerprint density at radius 2 is 1.86 bits per heavy atom. The fraction of sp³-hybridized carbons (Fsp3) is 0.423. The molecule has 9 nitrogen and oxygen atoms in total. The first kappa shape index (κ1) is 24.0. The molecule has 0 amide bonds. The molecule has 4 heterocycles. The van der Waals surface area contributed by atoms with E-state index in [0.29, 0.717) is 11.6 Å². The highest BCUT2D eigenvalue weighted by Gasteiger charge is 2.25. The van der Waals surface area contributed by atoms with Crippen molar-refractivity contribution in [1.29, 1.82) is 0 Å². The molecule has 0 bridgehead atoms. The number of anilines is 1. The molecule has 2 aliphatic rings. The van der Waals surface area contributed by atoms with E-state index in [1.165, 1.54) is 43.0 Å². The van der Waals surface area contributed by atoms with Crippen LogP contribution in [0, 0.1) is 11.7 Å². The van der Waals surface area contributed by atoms with Crippen LogP contribution < -0.4 is 5.73 Å². The summed E-state index contributed by atoms with van der Waals surface area (Å²) in [5, 5.41) is 16.5. The standard InChI is InChI=1S/C26H29ClFN9/c27-22-6-3-7-23(24(22)28)37-26(32-33-34-37)21-12-18(13-30-25(21)29)19-14-31-36(16-19)20-8-10-35(11-9-20)15-17-4-1-2-5-17/h3,6-7,12-14,16-17,20H,1-2,4-5,8-11,15H2,(H2,29,30). The molecule has 1 aromatic carbocycles. The van der Waals surface area contributed by atoms with Crippen LogP contribution in [-0.4, -0.2) is 59.5 Å². The number of nitrogen functional groups attached to an aromatic ring is 1. The average molecular weight is 522 g/mol. The van der Waals surface area contributed by atoms with Gasteiger partial charge in [0.05, 0.1) is 22.8 Å². The third-order valence-corrected chi connectivity index (χ3v) is 7.94. The third-order valence-electron chi connectivity index (χ3n) is 7.65. The molecule has 0 unspecified atom stereocenters. The molecule has 6 rings (SSSR count). The number of rotatable bonds is 6. The molecule has 4 aromatic rings. The number of aromatic nitrogens is 7. The number of hydrogen-bond donors (Lipinski definition) is 1. The maximum atomic E-state index is 14.7. The van der Waals surface area contributed by atoms with Gasteiger partial charge in [0.15, 0.2) is 11.6 Å². The first-order valence-electron chi connectivity index (χ1n) is 12.8. The van der Waals surface area contributed by atoms with E-state index in [1.807, 2.05) is 12.3 Å². The molecule has 0 spiro atoms. The van der Waals surface area contributed by atoms with Crippen LogP contribution in [0.15, 0.2) is 42.9 Å². The normalized spacial score (nSPS) is 17.6. The van der Waals surface area contributed by atoms with Crippen LogP contribution in [0.5, 0.6) is 0 Å². The Hall–Kier alpha value is -3.37. The summed E-state index contributed by atoms with van der Waals surface area (Å²) in [6.45, 7) is 3.48. The minimum absolute atomic E-state index is 0.0180. The zero-order valence-corrected chi connectivity index (χ0v) is 21.2. The van der Waals surface area contributed by atoms with E-state index in [9.17, 15) is 4.39 Å². The van der Waals surface area contributed by atoms with Crippen LogP contribution >= 0.6 is 11.6 Å². The summed E-state index contributed by atoms with van der Waals surface area (Å²) in [4.78, 5) is 7.00. The lowest BCUT2D eigenvalue weighted by Gasteiger charge is -2.33. The molecule has 11 heteroatoms. The van der Waals surface area contributed by atoms with Gasteiger partial charge in [-0.3, -0.25) is 4.68 Å². The van der Waals surface area contributed by atoms with Gasteiger partial charge in [-0.2, -0.15) is 9.78 Å². The topological polar surface area (TPSA) is 104 Å². The molecule has 1 aliphatic carbocycles. The highest BCUT2D eigenvalue weighted by atomic mass is 35.5. The molecule has 37 heavy (non-hydrogen) atoms. The van der Waals surface area contributed by atoms with E-state index in [-0.39, 0.29) is 22.4 Å². The van der Waals surface area contributed by atoms with Crippen LogP contribution in [0.4, 0.5) is 10.2 Å². The van der Waals surface area contributed by atoms with E-state index in [2.05, 4.69) is 41.4 Å². The van der Waals surface area contributed by atoms with Gasteiger partial charge < -0.3 is 10.6 Å². The molecule has 0 atom stereocenters. The van der Waals surface area contributed by atoms with Crippen molar-refractivity contribution >= 4 is 17.4 Å². The number of halogens is 2. The van der Waals surface area contributed by atoms with Crippen LogP contribution in [0.2, 0.25) is 5.02 Å². The highest BCUT2D eigenvalue weighted by Crippen LogP contribution is 2.32. The molecule has 2 N–H and O–H groups in total. The second-order valence-corrected chi connectivity index (χ2v) is 10.4. The fourth-order valence-electron chi connectivity index (χ4n) is 5.60. The highest BCUT2D eigenvalue weighted by molar-refractivity contribution is 6.30. The molecule has 1 saturated carbocycles. The van der Waals surface area contributed by atoms with E-state index >= 15 is 0 Å². The van der Waals surface area contributed by atoms with E-state index in [4.69, 9.17) is 17.3 Å². The minimum atomic E-state index is -0.615. The average Bonchev–Trinajstić information content (AvgIpc) is 3.69. The smallest absolute Gasteiger partial charge is 0.190 e. The Balaban J connectivity index is 1.21. The molecule has 0 radical (unpaired) electrons. The maximum absolute atomic E-state index is 14.7. The van der Waals surface area contributed by atoms with E-state index in [0.717, 1.165) is 43.0 Å². The molecule has 1 saturated heterocycles. The summed E-state index contributed by atoms with van der Waals surface area (Å²) in [6.07, 6.45) is 13.4. The van der Waals surface area contributed by atoms with Crippen molar-refractivity contribution in [2.24, 2.45) is 5.92 Å². The lowest BCUT2D eigenvalue weighted by molar-refractivity contribution is 0.158. The molecule has 192 valence electrons. The monoisotopic (exact) mass is 521 g/mol. The molecule has 1 aliphatic heterocycles. The quantitative estimate of drug-likeness (QED) is 0.389. The number of hydrogen-bond acceptors (Lipinski definition) is 7. The van der Waals surface area contributed by atoms with Crippen molar-refractivity contribution in [2.45, 2.75) is 44.6 Å². The van der Waals surface area contributed by atoms with E-state index in [1.54, 1.807) is 18.3 Å².